The van der Waals surface area contributed by atoms with Crippen LogP contribution in [0.5, 0.6) is 0 Å². The molecule has 8 nitrogen and oxygen atoms in total. The molecule has 0 N–H and O–H groups in total. The van der Waals surface area contributed by atoms with Gasteiger partial charge < -0.3 is 14.0 Å². The molecule has 0 aromatic carbocycles. The van der Waals surface area contributed by atoms with Gasteiger partial charge in [0.2, 0.25) is 5.91 Å². The minimum Gasteiger partial charge on any atom is -0.469 e. The molecule has 1 saturated heterocycles. The van der Waals surface area contributed by atoms with Gasteiger partial charge in [0.05, 0.1) is 19.7 Å². The van der Waals surface area contributed by atoms with Gasteiger partial charge in [-0.25, -0.2) is 4.98 Å². The van der Waals surface area contributed by atoms with E-state index in [4.69, 9.17) is 0 Å². The Labute approximate surface area is 144 Å². The summed E-state index contributed by atoms with van der Waals surface area (Å²) in [6, 6.07) is 4.61. The molecule has 2 amide bonds. The molecule has 3 rings (SSSR count). The zero-order valence-corrected chi connectivity index (χ0v) is 13.8. The Kier molecular flexibility index (Phi) is 4.51. The van der Waals surface area contributed by atoms with Gasteiger partial charge in [0.25, 0.3) is 5.91 Å². The number of rotatable bonds is 4. The van der Waals surface area contributed by atoms with Crippen LogP contribution in [0.2, 0.25) is 0 Å². The number of nitrogens with zero attached hydrogens (tertiary/aromatic N) is 4. The van der Waals surface area contributed by atoms with Gasteiger partial charge in [0.1, 0.15) is 11.7 Å². The number of fused-ring (bicyclic) bond motifs is 1. The molecular formula is C17H18N4O4. The van der Waals surface area contributed by atoms with E-state index in [-0.39, 0.29) is 18.9 Å². The summed E-state index contributed by atoms with van der Waals surface area (Å²) in [6.07, 6.45) is 4.50. The summed E-state index contributed by atoms with van der Waals surface area (Å²) < 4.78 is 6.46. The van der Waals surface area contributed by atoms with E-state index in [1.807, 2.05) is 24.4 Å². The van der Waals surface area contributed by atoms with Gasteiger partial charge >= 0.3 is 5.97 Å². The number of pyridine rings is 1. The van der Waals surface area contributed by atoms with Crippen molar-refractivity contribution in [2.24, 2.45) is 0 Å². The van der Waals surface area contributed by atoms with Gasteiger partial charge in [0, 0.05) is 19.3 Å². The van der Waals surface area contributed by atoms with E-state index in [0.717, 1.165) is 6.08 Å². The average molecular weight is 342 g/mol. The fourth-order valence-electron chi connectivity index (χ4n) is 2.89. The lowest BCUT2D eigenvalue weighted by molar-refractivity contribution is -0.147. The Morgan fingerprint density at radius 2 is 2.20 bits per heavy atom. The number of esters is 1. The highest BCUT2D eigenvalue weighted by Crippen LogP contribution is 2.22. The summed E-state index contributed by atoms with van der Waals surface area (Å²) in [5, 5.41) is 0. The summed E-state index contributed by atoms with van der Waals surface area (Å²) in [7, 11) is 1.25. The monoisotopic (exact) mass is 342 g/mol. The van der Waals surface area contributed by atoms with Gasteiger partial charge in [0.15, 0.2) is 5.82 Å². The molecule has 0 saturated carbocycles. The van der Waals surface area contributed by atoms with E-state index in [0.29, 0.717) is 18.0 Å². The van der Waals surface area contributed by atoms with Gasteiger partial charge in [-0.1, -0.05) is 12.6 Å². The summed E-state index contributed by atoms with van der Waals surface area (Å²) in [4.78, 5) is 43.9. The van der Waals surface area contributed by atoms with E-state index in [1.165, 1.54) is 16.9 Å². The van der Waals surface area contributed by atoms with Crippen LogP contribution in [0, 0.1) is 0 Å². The van der Waals surface area contributed by atoms with Crippen molar-refractivity contribution in [3.05, 3.63) is 43.2 Å². The Bertz CT molecular complexity index is 811. The van der Waals surface area contributed by atoms with Crippen molar-refractivity contribution in [2.45, 2.75) is 12.5 Å². The number of imidazole rings is 1. The van der Waals surface area contributed by atoms with Crippen molar-refractivity contribution in [1.82, 2.24) is 14.3 Å². The highest BCUT2D eigenvalue weighted by Gasteiger charge is 2.39. The standard InChI is InChI=1S/C17H18N4O4/c1-3-15(22)20-8-9-21(17(24)12(20)10-16(23)25-2)14-11-19-7-5-4-6-13(19)18-14/h3-7,11-12H,1,8-10H2,2H3. The second-order valence-corrected chi connectivity index (χ2v) is 5.59. The van der Waals surface area contributed by atoms with Gasteiger partial charge in [-0.15, -0.1) is 0 Å². The largest absolute Gasteiger partial charge is 0.469 e. The van der Waals surface area contributed by atoms with Crippen LogP contribution in [0.25, 0.3) is 5.65 Å². The van der Waals surface area contributed by atoms with E-state index >= 15 is 0 Å². The molecule has 0 spiro atoms. The minimum absolute atomic E-state index is 0.210. The molecule has 1 aliphatic heterocycles. The number of piperazine rings is 1. The van der Waals surface area contributed by atoms with Crippen LogP contribution in [0.3, 0.4) is 0 Å². The molecule has 1 atom stereocenters. The van der Waals surface area contributed by atoms with E-state index in [1.54, 1.807) is 10.6 Å². The highest BCUT2D eigenvalue weighted by molar-refractivity contribution is 6.03. The van der Waals surface area contributed by atoms with Crippen LogP contribution in [0.15, 0.2) is 43.2 Å². The number of carbonyl (C=O) groups excluding carboxylic acids is 3. The normalized spacial score (nSPS) is 17.6. The fraction of sp³-hybridized carbons (Fsp3) is 0.294. The van der Waals surface area contributed by atoms with Crippen LogP contribution in [0.4, 0.5) is 5.82 Å². The molecule has 8 heteroatoms. The number of carbonyl (C=O) groups is 3. The molecule has 2 aromatic heterocycles. The lowest BCUT2D eigenvalue weighted by atomic mass is 10.1. The fourth-order valence-corrected chi connectivity index (χ4v) is 2.89. The summed E-state index contributed by atoms with van der Waals surface area (Å²) in [6.45, 7) is 4.03. The number of aromatic nitrogens is 2. The van der Waals surface area contributed by atoms with E-state index in [2.05, 4.69) is 16.3 Å². The zero-order chi connectivity index (χ0) is 18.0. The molecule has 1 fully saturated rings. The Morgan fingerprint density at radius 1 is 1.40 bits per heavy atom. The van der Waals surface area contributed by atoms with Crippen molar-refractivity contribution < 1.29 is 19.1 Å². The number of ether oxygens (including phenoxy) is 1. The quantitative estimate of drug-likeness (QED) is 0.601. The van der Waals surface area contributed by atoms with Crippen molar-refractivity contribution in [2.75, 3.05) is 25.1 Å². The number of methoxy groups -OCH3 is 1. The smallest absolute Gasteiger partial charge is 0.308 e. The van der Waals surface area contributed by atoms with Crippen molar-refractivity contribution in [3.63, 3.8) is 0 Å². The maximum atomic E-state index is 12.9. The lowest BCUT2D eigenvalue weighted by Gasteiger charge is -2.38. The Balaban J connectivity index is 1.91. The first kappa shape index (κ1) is 16.7. The molecule has 25 heavy (non-hydrogen) atoms. The molecule has 3 heterocycles. The van der Waals surface area contributed by atoms with Crippen LogP contribution >= 0.6 is 0 Å². The van der Waals surface area contributed by atoms with E-state index < -0.39 is 17.9 Å². The van der Waals surface area contributed by atoms with Crippen LogP contribution < -0.4 is 4.90 Å². The molecule has 1 aliphatic rings. The maximum absolute atomic E-state index is 12.9. The first-order valence-corrected chi connectivity index (χ1v) is 7.80. The molecular weight excluding hydrogens is 324 g/mol. The molecule has 0 radical (unpaired) electrons. The third-order valence-electron chi connectivity index (χ3n) is 4.17. The van der Waals surface area contributed by atoms with Crippen molar-refractivity contribution in [1.29, 1.82) is 0 Å². The first-order chi connectivity index (χ1) is 12.0. The second kappa shape index (κ2) is 6.76. The summed E-state index contributed by atoms with van der Waals surface area (Å²) in [5.74, 6) is -0.832. The molecule has 2 aromatic rings. The third-order valence-corrected chi connectivity index (χ3v) is 4.17. The Hall–Kier alpha value is -3.16. The molecule has 0 bridgehead atoms. The lowest BCUT2D eigenvalue weighted by Crippen LogP contribution is -2.59. The predicted molar refractivity (Wildman–Crippen MR) is 89.9 cm³/mol. The number of hydrogen-bond donors (Lipinski definition) is 0. The number of anilines is 1. The average Bonchev–Trinajstić information content (AvgIpc) is 3.06. The Morgan fingerprint density at radius 3 is 2.88 bits per heavy atom. The molecule has 130 valence electrons. The second-order valence-electron chi connectivity index (χ2n) is 5.59. The highest BCUT2D eigenvalue weighted by atomic mass is 16.5. The van der Waals surface area contributed by atoms with Crippen molar-refractivity contribution in [3.8, 4) is 0 Å². The van der Waals surface area contributed by atoms with Crippen molar-refractivity contribution >= 4 is 29.2 Å². The van der Waals surface area contributed by atoms with Crippen LogP contribution in [-0.4, -0.2) is 58.3 Å². The number of amides is 2. The SMILES string of the molecule is C=CC(=O)N1CCN(c2cn3ccccc3n2)C(=O)C1CC(=O)OC. The molecule has 0 aliphatic carbocycles. The van der Waals surface area contributed by atoms with Gasteiger partial charge in [-0.05, 0) is 18.2 Å². The third kappa shape index (κ3) is 3.10. The van der Waals surface area contributed by atoms with E-state index in [9.17, 15) is 14.4 Å². The van der Waals surface area contributed by atoms with Gasteiger partial charge in [-0.3, -0.25) is 19.3 Å². The number of hydrogen-bond acceptors (Lipinski definition) is 5. The summed E-state index contributed by atoms with van der Waals surface area (Å²) in [5.41, 5.74) is 0.708. The zero-order valence-electron chi connectivity index (χ0n) is 13.8. The minimum atomic E-state index is -0.934. The first-order valence-electron chi connectivity index (χ1n) is 7.80. The predicted octanol–water partition coefficient (Wildman–Crippen LogP) is 0.627. The van der Waals surface area contributed by atoms with Crippen LogP contribution in [-0.2, 0) is 19.1 Å². The summed E-state index contributed by atoms with van der Waals surface area (Å²) >= 11 is 0. The van der Waals surface area contributed by atoms with Crippen LogP contribution in [0.1, 0.15) is 6.42 Å². The van der Waals surface area contributed by atoms with Gasteiger partial charge in [-0.2, -0.15) is 0 Å². The topological polar surface area (TPSA) is 84.2 Å². The maximum Gasteiger partial charge on any atom is 0.308 e. The molecule has 1 unspecified atom stereocenters.